The molecule has 1 aliphatic rings. The lowest BCUT2D eigenvalue weighted by Gasteiger charge is -2.42. The Hall–Kier alpha value is -0.610. The number of aliphatic hydroxyl groups excluding tert-OH is 1. The quantitative estimate of drug-likeness (QED) is 0.709. The summed E-state index contributed by atoms with van der Waals surface area (Å²) in [6.07, 6.45) is 4.44. The summed E-state index contributed by atoms with van der Waals surface area (Å²) in [5, 5.41) is 9.05. The van der Waals surface area contributed by atoms with E-state index in [0.717, 1.165) is 32.1 Å². The fourth-order valence-corrected chi connectivity index (χ4v) is 2.34. The van der Waals surface area contributed by atoms with Crippen molar-refractivity contribution in [2.75, 3.05) is 13.2 Å². The van der Waals surface area contributed by atoms with Crippen LogP contribution < -0.4 is 5.73 Å². The first-order valence-electron chi connectivity index (χ1n) is 6.29. The molecule has 94 valence electrons. The first kappa shape index (κ1) is 13.5. The summed E-state index contributed by atoms with van der Waals surface area (Å²) in [5.41, 5.74) is 5.41. The average Bonchev–Trinajstić information content (AvgIpc) is 2.25. The third-order valence-corrected chi connectivity index (χ3v) is 3.66. The molecule has 0 saturated heterocycles. The van der Waals surface area contributed by atoms with E-state index in [1.165, 1.54) is 0 Å². The van der Waals surface area contributed by atoms with Gasteiger partial charge in [-0.1, -0.05) is 13.8 Å². The van der Waals surface area contributed by atoms with Gasteiger partial charge in [0.2, 0.25) is 5.91 Å². The number of hydrogen-bond donors (Lipinski definition) is 2. The van der Waals surface area contributed by atoms with Crippen molar-refractivity contribution in [3.05, 3.63) is 0 Å². The highest BCUT2D eigenvalue weighted by Crippen LogP contribution is 2.32. The van der Waals surface area contributed by atoms with Crippen LogP contribution in [-0.4, -0.2) is 40.6 Å². The number of carbonyl (C=O) groups excluding carboxylic acids is 1. The minimum Gasteiger partial charge on any atom is -0.395 e. The molecule has 1 aliphatic carbocycles. The van der Waals surface area contributed by atoms with E-state index in [1.807, 2.05) is 0 Å². The van der Waals surface area contributed by atoms with Gasteiger partial charge in [0.1, 0.15) is 0 Å². The molecule has 3 N–H and O–H groups in total. The predicted molar refractivity (Wildman–Crippen MR) is 63.9 cm³/mol. The second-order valence-corrected chi connectivity index (χ2v) is 4.70. The Balaban J connectivity index is 2.71. The second-order valence-electron chi connectivity index (χ2n) is 4.70. The first-order valence-corrected chi connectivity index (χ1v) is 6.29. The van der Waals surface area contributed by atoms with Crippen LogP contribution in [0.4, 0.5) is 0 Å². The number of aliphatic hydroxyl groups is 1. The normalized spacial score (nSPS) is 18.3. The summed E-state index contributed by atoms with van der Waals surface area (Å²) in [6.45, 7) is 4.55. The van der Waals surface area contributed by atoms with Crippen molar-refractivity contribution >= 4 is 5.91 Å². The van der Waals surface area contributed by atoms with Crippen molar-refractivity contribution in [2.45, 2.75) is 57.5 Å². The molecule has 4 nitrogen and oxygen atoms in total. The van der Waals surface area contributed by atoms with Gasteiger partial charge >= 0.3 is 0 Å². The van der Waals surface area contributed by atoms with E-state index in [2.05, 4.69) is 13.8 Å². The van der Waals surface area contributed by atoms with Gasteiger partial charge in [-0.25, -0.2) is 0 Å². The Kier molecular flexibility index (Phi) is 4.74. The zero-order valence-corrected chi connectivity index (χ0v) is 10.4. The van der Waals surface area contributed by atoms with Gasteiger partial charge in [-0.15, -0.1) is 0 Å². The molecule has 0 aromatic heterocycles. The molecule has 0 aromatic rings. The molecular weight excluding hydrogens is 204 g/mol. The van der Waals surface area contributed by atoms with E-state index in [9.17, 15) is 4.79 Å². The molecule has 1 amide bonds. The molecule has 0 aromatic carbocycles. The Labute approximate surface area is 97.8 Å². The molecule has 0 radical (unpaired) electrons. The van der Waals surface area contributed by atoms with Crippen LogP contribution >= 0.6 is 0 Å². The molecule has 0 heterocycles. The lowest BCUT2D eigenvalue weighted by atomic mass is 9.76. The highest BCUT2D eigenvalue weighted by Gasteiger charge is 2.43. The number of rotatable bonds is 6. The van der Waals surface area contributed by atoms with Crippen molar-refractivity contribution < 1.29 is 9.90 Å². The summed E-state index contributed by atoms with van der Waals surface area (Å²) < 4.78 is 0. The van der Waals surface area contributed by atoms with E-state index >= 15 is 0 Å². The predicted octanol–water partition coefficient (Wildman–Crippen LogP) is 0.877. The lowest BCUT2D eigenvalue weighted by molar-refractivity contribution is -0.143. The maximum atomic E-state index is 12.3. The topological polar surface area (TPSA) is 66.6 Å². The van der Waals surface area contributed by atoms with Crippen molar-refractivity contribution in [2.24, 2.45) is 5.73 Å². The van der Waals surface area contributed by atoms with Gasteiger partial charge in [0, 0.05) is 12.6 Å². The lowest BCUT2D eigenvalue weighted by Crippen LogP contribution is -2.61. The van der Waals surface area contributed by atoms with Crippen molar-refractivity contribution in [1.29, 1.82) is 0 Å². The molecule has 1 saturated carbocycles. The Morgan fingerprint density at radius 2 is 2.00 bits per heavy atom. The summed E-state index contributed by atoms with van der Waals surface area (Å²) in [5.74, 6) is 0.0292. The average molecular weight is 228 g/mol. The molecule has 0 aliphatic heterocycles. The highest BCUT2D eigenvalue weighted by atomic mass is 16.3. The third kappa shape index (κ3) is 2.55. The number of carbonyl (C=O) groups is 1. The molecule has 0 atom stereocenters. The van der Waals surface area contributed by atoms with E-state index in [-0.39, 0.29) is 18.6 Å². The van der Waals surface area contributed by atoms with Crippen LogP contribution in [0, 0.1) is 0 Å². The van der Waals surface area contributed by atoms with Crippen LogP contribution in [0.3, 0.4) is 0 Å². The largest absolute Gasteiger partial charge is 0.395 e. The van der Waals surface area contributed by atoms with Crippen LogP contribution in [0.5, 0.6) is 0 Å². The number of nitrogens with zero attached hydrogens (tertiary/aromatic N) is 1. The molecule has 16 heavy (non-hydrogen) atoms. The minimum atomic E-state index is -0.641. The van der Waals surface area contributed by atoms with Gasteiger partial charge in [0.05, 0.1) is 12.1 Å². The van der Waals surface area contributed by atoms with E-state index in [1.54, 1.807) is 4.90 Å². The maximum Gasteiger partial charge on any atom is 0.242 e. The van der Waals surface area contributed by atoms with Gasteiger partial charge in [0.15, 0.2) is 0 Å². The zero-order chi connectivity index (χ0) is 12.2. The number of hydrogen-bond acceptors (Lipinski definition) is 3. The van der Waals surface area contributed by atoms with E-state index in [0.29, 0.717) is 6.54 Å². The van der Waals surface area contributed by atoms with E-state index < -0.39 is 5.54 Å². The van der Waals surface area contributed by atoms with Gasteiger partial charge in [-0.2, -0.15) is 0 Å². The fraction of sp³-hybridized carbons (Fsp3) is 0.917. The SMILES string of the molecule is CCC(CC)N(CCO)C(=O)C1(N)CCC1. The zero-order valence-electron chi connectivity index (χ0n) is 10.4. The molecule has 0 spiro atoms. The summed E-state index contributed by atoms with van der Waals surface area (Å²) in [4.78, 5) is 14.1. The molecule has 1 rings (SSSR count). The maximum absolute atomic E-state index is 12.3. The molecule has 0 bridgehead atoms. The summed E-state index contributed by atoms with van der Waals surface area (Å²) >= 11 is 0. The van der Waals surface area contributed by atoms with Crippen LogP contribution in [0.2, 0.25) is 0 Å². The third-order valence-electron chi connectivity index (χ3n) is 3.66. The summed E-state index contributed by atoms with van der Waals surface area (Å²) in [6, 6.07) is 0.209. The molecule has 0 unspecified atom stereocenters. The Morgan fingerprint density at radius 3 is 2.31 bits per heavy atom. The van der Waals surface area contributed by atoms with Crippen LogP contribution in [0.15, 0.2) is 0 Å². The molecular formula is C12H24N2O2. The van der Waals surface area contributed by atoms with Gasteiger partial charge in [-0.05, 0) is 32.1 Å². The fourth-order valence-electron chi connectivity index (χ4n) is 2.34. The van der Waals surface area contributed by atoms with Gasteiger partial charge in [-0.3, -0.25) is 4.79 Å². The number of amides is 1. The first-order chi connectivity index (χ1) is 7.59. The Bertz CT molecular complexity index is 235. The van der Waals surface area contributed by atoms with Gasteiger partial charge < -0.3 is 15.7 Å². The van der Waals surface area contributed by atoms with Crippen molar-refractivity contribution in [3.8, 4) is 0 Å². The summed E-state index contributed by atoms with van der Waals surface area (Å²) in [7, 11) is 0. The number of nitrogens with two attached hydrogens (primary N) is 1. The van der Waals surface area contributed by atoms with E-state index in [4.69, 9.17) is 10.8 Å². The van der Waals surface area contributed by atoms with Gasteiger partial charge in [0.25, 0.3) is 0 Å². The minimum absolute atomic E-state index is 0.0122. The standard InChI is InChI=1S/C12H24N2O2/c1-3-10(4-2)14(8-9-15)11(16)12(13)6-5-7-12/h10,15H,3-9,13H2,1-2H3. The second kappa shape index (κ2) is 5.64. The molecule has 1 fully saturated rings. The van der Waals surface area contributed by atoms with Crippen molar-refractivity contribution in [1.82, 2.24) is 4.90 Å². The smallest absolute Gasteiger partial charge is 0.242 e. The monoisotopic (exact) mass is 228 g/mol. The van der Waals surface area contributed by atoms with Crippen molar-refractivity contribution in [3.63, 3.8) is 0 Å². The van der Waals surface area contributed by atoms with Crippen LogP contribution in [0.25, 0.3) is 0 Å². The molecule has 4 heteroatoms. The highest BCUT2D eigenvalue weighted by molar-refractivity contribution is 5.87. The van der Waals surface area contributed by atoms with Crippen LogP contribution in [0.1, 0.15) is 46.0 Å². The Morgan fingerprint density at radius 1 is 1.44 bits per heavy atom. The van der Waals surface area contributed by atoms with Crippen LogP contribution in [-0.2, 0) is 4.79 Å².